The third kappa shape index (κ3) is 9.30. The molecular weight excluding hydrogens is 501 g/mol. The first kappa shape index (κ1) is 33.2. The molecule has 1 aromatic carbocycles. The van der Waals surface area contributed by atoms with Crippen molar-refractivity contribution in [1.82, 2.24) is 0 Å². The minimum Gasteiger partial charge on any atom is -0.417 e. The predicted molar refractivity (Wildman–Crippen MR) is 169 cm³/mol. The summed E-state index contributed by atoms with van der Waals surface area (Å²) in [6.07, 6.45) is 9.32. The number of hydrogen-bond acceptors (Lipinski definition) is 3. The molecule has 1 aliphatic carbocycles. The van der Waals surface area contributed by atoms with Crippen molar-refractivity contribution < 1.29 is 13.6 Å². The molecule has 5 heteroatoms. The van der Waals surface area contributed by atoms with Gasteiger partial charge in [0.25, 0.3) is 0 Å². The van der Waals surface area contributed by atoms with Crippen molar-refractivity contribution in [2.45, 2.75) is 98.3 Å². The van der Waals surface area contributed by atoms with E-state index < -0.39 is 16.6 Å². The van der Waals surface area contributed by atoms with E-state index in [4.69, 9.17) is 13.6 Å². The molecule has 0 amide bonds. The van der Waals surface area contributed by atoms with Crippen molar-refractivity contribution in [3.63, 3.8) is 0 Å². The lowest BCUT2D eigenvalue weighted by Crippen LogP contribution is -2.44. The quantitative estimate of drug-likeness (QED) is 0.239. The summed E-state index contributed by atoms with van der Waals surface area (Å²) in [6.45, 7) is 31.0. The highest BCUT2D eigenvalue weighted by atomic mass is 28.4. The van der Waals surface area contributed by atoms with E-state index in [9.17, 15) is 0 Å². The van der Waals surface area contributed by atoms with Gasteiger partial charge in [-0.05, 0) is 65.5 Å². The van der Waals surface area contributed by atoms with Crippen LogP contribution in [0.15, 0.2) is 54.6 Å². The molecule has 5 atom stereocenters. The van der Waals surface area contributed by atoms with Crippen LogP contribution in [-0.2, 0) is 20.2 Å². The Balaban J connectivity index is 2.19. The van der Waals surface area contributed by atoms with Gasteiger partial charge in [-0.1, -0.05) is 110 Å². The normalized spacial score (nSPS) is 22.8. The molecule has 3 nitrogen and oxygen atoms in total. The monoisotopic (exact) mass is 558 g/mol. The summed E-state index contributed by atoms with van der Waals surface area (Å²) < 4.78 is 19.9. The Morgan fingerprint density at radius 1 is 0.737 bits per heavy atom. The van der Waals surface area contributed by atoms with E-state index in [1.807, 2.05) is 0 Å². The van der Waals surface area contributed by atoms with Crippen LogP contribution in [-0.4, -0.2) is 36.5 Å². The van der Waals surface area contributed by atoms with Crippen molar-refractivity contribution in [3.8, 4) is 0 Å². The highest BCUT2D eigenvalue weighted by Crippen LogP contribution is 2.41. The minimum absolute atomic E-state index is 0.188. The Morgan fingerprint density at radius 2 is 1.24 bits per heavy atom. The van der Waals surface area contributed by atoms with Crippen LogP contribution in [0, 0.1) is 29.6 Å². The zero-order valence-corrected chi connectivity index (χ0v) is 28.6. The Bertz CT molecular complexity index is 893. The molecule has 0 N–H and O–H groups in total. The fourth-order valence-corrected chi connectivity index (χ4v) is 6.83. The number of hydrogen-bond donors (Lipinski definition) is 0. The maximum atomic E-state index is 6.81. The lowest BCUT2D eigenvalue weighted by atomic mass is 9.73. The molecule has 0 spiro atoms. The average molecular weight is 559 g/mol. The molecule has 0 heterocycles. The van der Waals surface area contributed by atoms with Gasteiger partial charge in [0, 0.05) is 19.1 Å². The van der Waals surface area contributed by atoms with Gasteiger partial charge >= 0.3 is 0 Å². The second-order valence-corrected chi connectivity index (χ2v) is 24.3. The Labute approximate surface area is 237 Å². The molecule has 0 aliphatic heterocycles. The molecule has 2 rings (SSSR count). The van der Waals surface area contributed by atoms with E-state index in [2.05, 4.69) is 136 Å². The van der Waals surface area contributed by atoms with Crippen LogP contribution in [0.2, 0.25) is 36.3 Å². The molecule has 0 bridgehead atoms. The van der Waals surface area contributed by atoms with E-state index in [0.717, 1.165) is 13.2 Å². The fourth-order valence-electron chi connectivity index (χ4n) is 4.66. The zero-order chi connectivity index (χ0) is 28.8. The summed E-state index contributed by atoms with van der Waals surface area (Å²) in [6, 6.07) is 10.5. The van der Waals surface area contributed by atoms with Gasteiger partial charge < -0.3 is 13.6 Å². The van der Waals surface area contributed by atoms with Crippen molar-refractivity contribution in [2.75, 3.05) is 19.8 Å². The number of ether oxygens (including phenoxy) is 1. The van der Waals surface area contributed by atoms with Crippen molar-refractivity contribution in [3.05, 3.63) is 60.2 Å². The summed E-state index contributed by atoms with van der Waals surface area (Å²) in [5.41, 5.74) is 1.22. The molecule has 0 unspecified atom stereocenters. The first-order valence-corrected chi connectivity index (χ1v) is 20.5. The second-order valence-electron chi connectivity index (χ2n) is 14.7. The first-order chi connectivity index (χ1) is 17.5. The highest BCUT2D eigenvalue weighted by Gasteiger charge is 2.41. The molecule has 0 saturated heterocycles. The second kappa shape index (κ2) is 13.6. The molecule has 0 aromatic heterocycles. The van der Waals surface area contributed by atoms with Crippen LogP contribution in [0.25, 0.3) is 0 Å². The first-order valence-electron chi connectivity index (χ1n) is 14.7. The largest absolute Gasteiger partial charge is 0.417 e. The van der Waals surface area contributed by atoms with E-state index in [-0.39, 0.29) is 10.1 Å². The average Bonchev–Trinajstić information content (AvgIpc) is 3.00. The number of rotatable bonds is 12. The SMILES string of the molecule is C[C@H]1[C@H]([C@H](COCc2ccccc2)CO[Si](C)(C)C(C)(C)C)C=CC=C[C@@H]1[C@H](C)CO[Si](C)(C)C(C)(C)C. The van der Waals surface area contributed by atoms with Gasteiger partial charge in [-0.2, -0.15) is 0 Å². The zero-order valence-electron chi connectivity index (χ0n) is 26.6. The predicted octanol–water partition coefficient (Wildman–Crippen LogP) is 9.49. The van der Waals surface area contributed by atoms with Gasteiger partial charge in [0.15, 0.2) is 16.6 Å². The third-order valence-corrected chi connectivity index (χ3v) is 18.6. The van der Waals surface area contributed by atoms with E-state index in [0.29, 0.717) is 42.8 Å². The molecule has 1 aromatic rings. The van der Waals surface area contributed by atoms with Gasteiger partial charge in [-0.3, -0.25) is 0 Å². The molecule has 1 aliphatic rings. The molecule has 216 valence electrons. The Morgan fingerprint density at radius 3 is 1.76 bits per heavy atom. The Hall–Kier alpha value is -0.986. The van der Waals surface area contributed by atoms with Crippen molar-refractivity contribution in [2.24, 2.45) is 29.6 Å². The summed E-state index contributed by atoms with van der Waals surface area (Å²) in [5.74, 6) is 2.05. The molecular formula is C33H58O3Si2. The van der Waals surface area contributed by atoms with E-state index in [1.165, 1.54) is 5.56 Å². The van der Waals surface area contributed by atoms with Gasteiger partial charge in [-0.25, -0.2) is 0 Å². The highest BCUT2D eigenvalue weighted by molar-refractivity contribution is 6.74. The lowest BCUT2D eigenvalue weighted by Gasteiger charge is -2.41. The van der Waals surface area contributed by atoms with E-state index >= 15 is 0 Å². The van der Waals surface area contributed by atoms with Crippen LogP contribution in [0.1, 0.15) is 61.0 Å². The molecule has 38 heavy (non-hydrogen) atoms. The van der Waals surface area contributed by atoms with E-state index in [1.54, 1.807) is 0 Å². The summed E-state index contributed by atoms with van der Waals surface area (Å²) in [4.78, 5) is 0. The van der Waals surface area contributed by atoms with Gasteiger partial charge in [0.1, 0.15) is 0 Å². The molecule has 0 radical (unpaired) electrons. The van der Waals surface area contributed by atoms with Crippen molar-refractivity contribution in [1.29, 1.82) is 0 Å². The fraction of sp³-hybridized carbons (Fsp3) is 0.697. The number of allylic oxidation sites excluding steroid dienone is 4. The maximum Gasteiger partial charge on any atom is 0.191 e. The van der Waals surface area contributed by atoms with Gasteiger partial charge in [0.05, 0.1) is 13.2 Å². The lowest BCUT2D eigenvalue weighted by molar-refractivity contribution is 0.0300. The minimum atomic E-state index is -1.87. The topological polar surface area (TPSA) is 27.7 Å². The van der Waals surface area contributed by atoms with Crippen LogP contribution in [0.4, 0.5) is 0 Å². The summed E-state index contributed by atoms with van der Waals surface area (Å²) in [7, 11) is -3.65. The maximum absolute atomic E-state index is 6.81. The van der Waals surface area contributed by atoms with Gasteiger partial charge in [0.2, 0.25) is 0 Å². The standard InChI is InChI=1S/C33H58O3Si2/c1-26(22-35-37(9,10)32(3,4)5)30-20-16-17-21-31(27(30)2)29(25-36-38(11,12)33(6,7)8)24-34-23-28-18-14-13-15-19-28/h13-21,26-27,29-31H,22-25H2,1-12H3/t26-,27-,29-,30-,31-/m1/s1. The van der Waals surface area contributed by atoms with Gasteiger partial charge in [-0.15, -0.1) is 0 Å². The molecule has 0 saturated carbocycles. The smallest absolute Gasteiger partial charge is 0.191 e. The van der Waals surface area contributed by atoms with Crippen LogP contribution < -0.4 is 0 Å². The third-order valence-electron chi connectivity index (χ3n) is 9.61. The van der Waals surface area contributed by atoms with Crippen LogP contribution in [0.5, 0.6) is 0 Å². The Kier molecular flexibility index (Phi) is 11.9. The molecule has 0 fully saturated rings. The summed E-state index contributed by atoms with van der Waals surface area (Å²) >= 11 is 0. The van der Waals surface area contributed by atoms with Crippen LogP contribution >= 0.6 is 0 Å². The summed E-state index contributed by atoms with van der Waals surface area (Å²) in [5, 5.41) is 0.414. The van der Waals surface area contributed by atoms with Crippen molar-refractivity contribution >= 4 is 16.6 Å². The number of benzene rings is 1. The van der Waals surface area contributed by atoms with Crippen LogP contribution in [0.3, 0.4) is 0 Å².